The molecule has 1 unspecified atom stereocenters. The van der Waals surface area contributed by atoms with Crippen molar-refractivity contribution in [3.63, 3.8) is 0 Å². The molecule has 1 aromatic carbocycles. The van der Waals surface area contributed by atoms with Crippen molar-refractivity contribution in [1.82, 2.24) is 9.78 Å². The zero-order valence-electron chi connectivity index (χ0n) is 10.9. The van der Waals surface area contributed by atoms with Crippen molar-refractivity contribution in [2.75, 3.05) is 5.73 Å². The lowest BCUT2D eigenvalue weighted by atomic mass is 10.3. The van der Waals surface area contributed by atoms with Gasteiger partial charge in [0, 0.05) is 12.7 Å². The van der Waals surface area contributed by atoms with E-state index < -0.39 is 10.8 Å². The molecule has 2 N–H and O–H groups in total. The molecule has 102 valence electrons. The maximum atomic E-state index is 12.3. The van der Waals surface area contributed by atoms with E-state index in [9.17, 15) is 4.21 Å². The van der Waals surface area contributed by atoms with Gasteiger partial charge in [-0.05, 0) is 30.7 Å². The van der Waals surface area contributed by atoms with Crippen LogP contribution in [0.2, 0.25) is 5.02 Å². The second kappa shape index (κ2) is 5.75. The monoisotopic (exact) mass is 297 g/mol. The smallest absolute Gasteiger partial charge is 0.0703 e. The van der Waals surface area contributed by atoms with Crippen molar-refractivity contribution in [2.45, 2.75) is 24.0 Å². The molecule has 0 saturated heterocycles. The molecule has 1 atom stereocenters. The highest BCUT2D eigenvalue weighted by molar-refractivity contribution is 7.84. The van der Waals surface area contributed by atoms with E-state index in [0.717, 1.165) is 17.8 Å². The minimum absolute atomic E-state index is 0.396. The van der Waals surface area contributed by atoms with Crippen molar-refractivity contribution < 1.29 is 4.21 Å². The van der Waals surface area contributed by atoms with Gasteiger partial charge in [-0.2, -0.15) is 5.10 Å². The zero-order chi connectivity index (χ0) is 14.0. The van der Waals surface area contributed by atoms with Crippen molar-refractivity contribution in [3.05, 3.63) is 40.7 Å². The lowest BCUT2D eigenvalue weighted by Gasteiger charge is -2.05. The fraction of sp³-hybridized carbons (Fsp3) is 0.308. The standard InChI is InChI=1S/C13H16ClN3OS/c1-3-10-7-11(17(2)16-10)8-19(18)13-5-4-9(15)6-12(13)14/h4-7H,3,8,15H2,1-2H3. The Hall–Kier alpha value is -1.33. The molecule has 0 aliphatic carbocycles. The average molecular weight is 298 g/mol. The number of aromatic nitrogens is 2. The highest BCUT2D eigenvalue weighted by Gasteiger charge is 2.13. The van der Waals surface area contributed by atoms with Crippen molar-refractivity contribution in [3.8, 4) is 0 Å². The van der Waals surface area contributed by atoms with Gasteiger partial charge in [-0.15, -0.1) is 0 Å². The van der Waals surface area contributed by atoms with Gasteiger partial charge in [0.25, 0.3) is 0 Å². The van der Waals surface area contributed by atoms with E-state index in [0.29, 0.717) is 21.4 Å². The third-order valence-electron chi connectivity index (χ3n) is 2.87. The van der Waals surface area contributed by atoms with Crippen molar-refractivity contribution in [2.24, 2.45) is 7.05 Å². The number of aryl methyl sites for hydroxylation is 2. The van der Waals surface area contributed by atoms with Crippen LogP contribution in [0.4, 0.5) is 5.69 Å². The van der Waals surface area contributed by atoms with Gasteiger partial charge in [0.1, 0.15) is 0 Å². The number of halogens is 1. The van der Waals surface area contributed by atoms with Gasteiger partial charge in [0.15, 0.2) is 0 Å². The summed E-state index contributed by atoms with van der Waals surface area (Å²) in [6.45, 7) is 2.04. The summed E-state index contributed by atoms with van der Waals surface area (Å²) in [7, 11) is 0.656. The van der Waals surface area contributed by atoms with Gasteiger partial charge in [0.2, 0.25) is 0 Å². The SMILES string of the molecule is CCc1cc(CS(=O)c2ccc(N)cc2Cl)n(C)n1. The van der Waals surface area contributed by atoms with E-state index in [-0.39, 0.29) is 0 Å². The predicted molar refractivity (Wildman–Crippen MR) is 78.6 cm³/mol. The first-order chi connectivity index (χ1) is 9.01. The topological polar surface area (TPSA) is 60.9 Å². The Bertz CT molecular complexity index is 624. The summed E-state index contributed by atoms with van der Waals surface area (Å²) >= 11 is 6.07. The highest BCUT2D eigenvalue weighted by Crippen LogP contribution is 2.24. The van der Waals surface area contributed by atoms with E-state index in [2.05, 4.69) is 5.10 Å². The van der Waals surface area contributed by atoms with E-state index in [1.54, 1.807) is 22.9 Å². The second-order valence-electron chi connectivity index (χ2n) is 4.28. The molecule has 0 saturated carbocycles. The maximum absolute atomic E-state index is 12.3. The molecule has 0 fully saturated rings. The number of hydrogen-bond acceptors (Lipinski definition) is 3. The molecule has 1 aromatic heterocycles. The van der Waals surface area contributed by atoms with Crippen LogP contribution in [0.25, 0.3) is 0 Å². The Morgan fingerprint density at radius 1 is 1.42 bits per heavy atom. The van der Waals surface area contributed by atoms with Gasteiger partial charge in [-0.25, -0.2) is 0 Å². The number of benzene rings is 1. The van der Waals surface area contributed by atoms with Gasteiger partial charge in [0.05, 0.1) is 37.9 Å². The first-order valence-electron chi connectivity index (χ1n) is 5.96. The minimum Gasteiger partial charge on any atom is -0.399 e. The summed E-state index contributed by atoms with van der Waals surface area (Å²) in [5, 5.41) is 4.78. The zero-order valence-corrected chi connectivity index (χ0v) is 12.5. The molecule has 2 rings (SSSR count). The summed E-state index contributed by atoms with van der Waals surface area (Å²) < 4.78 is 14.1. The van der Waals surface area contributed by atoms with E-state index in [1.807, 2.05) is 20.0 Å². The largest absolute Gasteiger partial charge is 0.399 e. The van der Waals surface area contributed by atoms with Crippen LogP contribution in [-0.2, 0) is 30.0 Å². The van der Waals surface area contributed by atoms with Gasteiger partial charge in [-0.1, -0.05) is 18.5 Å². The Morgan fingerprint density at radius 2 is 2.16 bits per heavy atom. The quantitative estimate of drug-likeness (QED) is 0.882. The molecule has 19 heavy (non-hydrogen) atoms. The number of nitrogens with two attached hydrogens (primary N) is 1. The number of hydrogen-bond donors (Lipinski definition) is 1. The Kier molecular flexibility index (Phi) is 4.27. The molecule has 2 aromatic rings. The van der Waals surface area contributed by atoms with Crippen molar-refractivity contribution >= 4 is 28.1 Å². The molecule has 0 amide bonds. The fourth-order valence-corrected chi connectivity index (χ4v) is 3.43. The summed E-state index contributed by atoms with van der Waals surface area (Å²) in [5.41, 5.74) is 8.13. The van der Waals surface area contributed by atoms with Crippen LogP contribution in [0.3, 0.4) is 0 Å². The molecular formula is C13H16ClN3OS. The number of nitrogens with zero attached hydrogens (tertiary/aromatic N) is 2. The third kappa shape index (κ3) is 3.16. The highest BCUT2D eigenvalue weighted by atomic mass is 35.5. The van der Waals surface area contributed by atoms with Gasteiger partial charge < -0.3 is 5.73 Å². The molecule has 0 radical (unpaired) electrons. The van der Waals surface area contributed by atoms with Crippen LogP contribution in [0.5, 0.6) is 0 Å². The second-order valence-corrected chi connectivity index (χ2v) is 6.11. The predicted octanol–water partition coefficient (Wildman–Crippen LogP) is 2.53. The summed E-state index contributed by atoms with van der Waals surface area (Å²) in [4.78, 5) is 0.607. The summed E-state index contributed by atoms with van der Waals surface area (Å²) in [5.74, 6) is 0.396. The van der Waals surface area contributed by atoms with E-state index in [1.165, 1.54) is 0 Å². The summed E-state index contributed by atoms with van der Waals surface area (Å²) in [6, 6.07) is 7.02. The molecule has 0 aliphatic rings. The van der Waals surface area contributed by atoms with Crippen LogP contribution in [0.15, 0.2) is 29.2 Å². The minimum atomic E-state index is -1.20. The number of anilines is 1. The maximum Gasteiger partial charge on any atom is 0.0703 e. The van der Waals surface area contributed by atoms with Crippen LogP contribution in [-0.4, -0.2) is 14.0 Å². The van der Waals surface area contributed by atoms with Gasteiger partial charge in [-0.3, -0.25) is 8.89 Å². The molecule has 6 heteroatoms. The fourth-order valence-electron chi connectivity index (χ4n) is 1.79. The van der Waals surface area contributed by atoms with E-state index >= 15 is 0 Å². The van der Waals surface area contributed by atoms with Crippen LogP contribution in [0, 0.1) is 0 Å². The first kappa shape index (κ1) is 14.1. The lowest BCUT2D eigenvalue weighted by molar-refractivity contribution is 0.675. The lowest BCUT2D eigenvalue weighted by Crippen LogP contribution is -2.03. The van der Waals surface area contributed by atoms with Crippen LogP contribution < -0.4 is 5.73 Å². The molecule has 1 heterocycles. The Labute approximate surface area is 120 Å². The Balaban J connectivity index is 2.23. The number of nitrogen functional groups attached to an aromatic ring is 1. The normalized spacial score (nSPS) is 12.6. The average Bonchev–Trinajstić information content (AvgIpc) is 2.70. The van der Waals surface area contributed by atoms with E-state index in [4.69, 9.17) is 17.3 Å². The van der Waals surface area contributed by atoms with Crippen LogP contribution in [0.1, 0.15) is 18.3 Å². The summed E-state index contributed by atoms with van der Waals surface area (Å²) in [6.07, 6.45) is 0.864. The molecule has 0 spiro atoms. The molecule has 4 nitrogen and oxygen atoms in total. The number of rotatable bonds is 4. The Morgan fingerprint density at radius 3 is 2.74 bits per heavy atom. The van der Waals surface area contributed by atoms with Crippen molar-refractivity contribution in [1.29, 1.82) is 0 Å². The first-order valence-corrected chi connectivity index (χ1v) is 7.66. The third-order valence-corrected chi connectivity index (χ3v) is 4.70. The molecule has 0 bridgehead atoms. The van der Waals surface area contributed by atoms with Crippen LogP contribution >= 0.6 is 11.6 Å². The van der Waals surface area contributed by atoms with Gasteiger partial charge >= 0.3 is 0 Å². The molecular weight excluding hydrogens is 282 g/mol. The molecule has 0 aliphatic heterocycles.